The first-order valence-corrected chi connectivity index (χ1v) is 7.88. The van der Waals surface area contributed by atoms with Gasteiger partial charge in [0.2, 0.25) is 0 Å². The lowest BCUT2D eigenvalue weighted by Crippen LogP contribution is -2.17. The Hall–Kier alpha value is -1.45. The van der Waals surface area contributed by atoms with Crippen LogP contribution in [0.25, 0.3) is 0 Å². The molecule has 1 unspecified atom stereocenters. The molecule has 0 aliphatic rings. The van der Waals surface area contributed by atoms with Crippen molar-refractivity contribution in [2.45, 2.75) is 24.3 Å². The average Bonchev–Trinajstić information content (AvgIpc) is 2.46. The molecule has 106 valence electrons. The van der Waals surface area contributed by atoms with Gasteiger partial charge in [0.1, 0.15) is 5.75 Å². The lowest BCUT2D eigenvalue weighted by Gasteiger charge is -2.08. The van der Waals surface area contributed by atoms with E-state index >= 15 is 0 Å². The van der Waals surface area contributed by atoms with Gasteiger partial charge in [0.25, 0.3) is 0 Å². The topological polar surface area (TPSA) is 35.2 Å². The quantitative estimate of drug-likeness (QED) is 0.622. The van der Waals surface area contributed by atoms with Gasteiger partial charge < -0.3 is 10.5 Å². The van der Waals surface area contributed by atoms with E-state index in [0.29, 0.717) is 6.61 Å². The summed E-state index contributed by atoms with van der Waals surface area (Å²) < 4.78 is 5.74. The second-order valence-corrected chi connectivity index (χ2v) is 6.00. The van der Waals surface area contributed by atoms with Crippen molar-refractivity contribution in [3.8, 4) is 5.75 Å². The van der Waals surface area contributed by atoms with Crippen molar-refractivity contribution in [2.75, 3.05) is 12.4 Å². The molecule has 2 aromatic rings. The van der Waals surface area contributed by atoms with Crippen molar-refractivity contribution < 1.29 is 4.74 Å². The van der Waals surface area contributed by atoms with Gasteiger partial charge >= 0.3 is 0 Å². The lowest BCUT2D eigenvalue weighted by molar-refractivity contribution is 0.344. The molecule has 0 spiro atoms. The fourth-order valence-electron chi connectivity index (χ4n) is 1.93. The van der Waals surface area contributed by atoms with E-state index in [0.717, 1.165) is 17.9 Å². The highest BCUT2D eigenvalue weighted by Crippen LogP contribution is 2.18. The predicted octanol–water partition coefficient (Wildman–Crippen LogP) is 3.75. The van der Waals surface area contributed by atoms with Crippen molar-refractivity contribution in [1.82, 2.24) is 0 Å². The number of hydrogen-bond acceptors (Lipinski definition) is 3. The minimum absolute atomic E-state index is 0.198. The highest BCUT2D eigenvalue weighted by Gasteiger charge is 1.99. The van der Waals surface area contributed by atoms with Gasteiger partial charge in [-0.05, 0) is 43.2 Å². The second kappa shape index (κ2) is 7.98. The van der Waals surface area contributed by atoms with E-state index in [1.54, 1.807) is 0 Å². The summed E-state index contributed by atoms with van der Waals surface area (Å²) in [5, 5.41) is 0. The maximum Gasteiger partial charge on any atom is 0.119 e. The third kappa shape index (κ3) is 5.27. The molecule has 0 saturated heterocycles. The maximum atomic E-state index is 5.78. The van der Waals surface area contributed by atoms with E-state index in [4.69, 9.17) is 10.5 Å². The third-order valence-corrected chi connectivity index (χ3v) is 3.82. The molecule has 0 fully saturated rings. The second-order valence-electron chi connectivity index (χ2n) is 4.84. The molecule has 0 radical (unpaired) electrons. The van der Waals surface area contributed by atoms with Crippen LogP contribution in [0, 0.1) is 0 Å². The first-order valence-electron chi connectivity index (χ1n) is 6.89. The Morgan fingerprint density at radius 1 is 1.05 bits per heavy atom. The number of thioether (sulfide) groups is 1. The Labute approximate surface area is 125 Å². The molecule has 3 heteroatoms. The molecule has 0 aliphatic carbocycles. The SMILES string of the molecule is CC(N)Cc1ccc(OCCSc2ccccc2)cc1. The number of benzene rings is 2. The lowest BCUT2D eigenvalue weighted by atomic mass is 10.1. The first kappa shape index (κ1) is 14.9. The van der Waals surface area contributed by atoms with Crippen LogP contribution in [-0.4, -0.2) is 18.4 Å². The molecule has 1 atom stereocenters. The van der Waals surface area contributed by atoms with Gasteiger partial charge in [-0.3, -0.25) is 0 Å². The molecule has 0 saturated carbocycles. The molecule has 2 rings (SSSR count). The molecule has 2 nitrogen and oxygen atoms in total. The highest BCUT2D eigenvalue weighted by molar-refractivity contribution is 7.99. The zero-order valence-corrected chi connectivity index (χ0v) is 12.6. The predicted molar refractivity (Wildman–Crippen MR) is 86.5 cm³/mol. The van der Waals surface area contributed by atoms with E-state index in [1.807, 2.05) is 36.9 Å². The molecule has 20 heavy (non-hydrogen) atoms. The highest BCUT2D eigenvalue weighted by atomic mass is 32.2. The minimum atomic E-state index is 0.198. The monoisotopic (exact) mass is 287 g/mol. The smallest absolute Gasteiger partial charge is 0.119 e. The molecule has 0 bridgehead atoms. The van der Waals surface area contributed by atoms with E-state index < -0.39 is 0 Å². The Kier molecular flexibility index (Phi) is 5.96. The average molecular weight is 287 g/mol. The molecule has 0 heterocycles. The van der Waals surface area contributed by atoms with E-state index in [2.05, 4.69) is 36.4 Å². The molecular weight excluding hydrogens is 266 g/mol. The van der Waals surface area contributed by atoms with Gasteiger partial charge in [-0.15, -0.1) is 11.8 Å². The van der Waals surface area contributed by atoms with Gasteiger partial charge in [0, 0.05) is 16.7 Å². The normalized spacial score (nSPS) is 12.1. The van der Waals surface area contributed by atoms with Crippen molar-refractivity contribution >= 4 is 11.8 Å². The van der Waals surface area contributed by atoms with Crippen LogP contribution < -0.4 is 10.5 Å². The van der Waals surface area contributed by atoms with Crippen molar-refractivity contribution in [3.63, 3.8) is 0 Å². The van der Waals surface area contributed by atoms with Crippen LogP contribution in [0.4, 0.5) is 0 Å². The summed E-state index contributed by atoms with van der Waals surface area (Å²) in [6.45, 7) is 2.73. The van der Waals surface area contributed by atoms with Crippen molar-refractivity contribution in [2.24, 2.45) is 5.73 Å². The van der Waals surface area contributed by atoms with Crippen molar-refractivity contribution in [3.05, 3.63) is 60.2 Å². The van der Waals surface area contributed by atoms with E-state index in [-0.39, 0.29) is 6.04 Å². The number of ether oxygens (including phenoxy) is 1. The largest absolute Gasteiger partial charge is 0.493 e. The van der Waals surface area contributed by atoms with Gasteiger partial charge in [0.15, 0.2) is 0 Å². The Bertz CT molecular complexity index is 496. The van der Waals surface area contributed by atoms with E-state index in [9.17, 15) is 0 Å². The van der Waals surface area contributed by atoms with Gasteiger partial charge in [-0.2, -0.15) is 0 Å². The van der Waals surface area contributed by atoms with Crippen LogP contribution >= 0.6 is 11.8 Å². The number of nitrogens with two attached hydrogens (primary N) is 1. The van der Waals surface area contributed by atoms with Crippen LogP contribution in [0.1, 0.15) is 12.5 Å². The fourth-order valence-corrected chi connectivity index (χ4v) is 2.68. The van der Waals surface area contributed by atoms with Crippen LogP contribution in [0.5, 0.6) is 5.75 Å². The Morgan fingerprint density at radius 2 is 1.75 bits per heavy atom. The van der Waals surface area contributed by atoms with Crippen LogP contribution in [0.3, 0.4) is 0 Å². The molecule has 2 N–H and O–H groups in total. The molecule has 0 aliphatic heterocycles. The summed E-state index contributed by atoms with van der Waals surface area (Å²) in [6, 6.07) is 18.8. The van der Waals surface area contributed by atoms with Crippen LogP contribution in [0.15, 0.2) is 59.5 Å². The first-order chi connectivity index (χ1) is 9.74. The van der Waals surface area contributed by atoms with Crippen LogP contribution in [-0.2, 0) is 6.42 Å². The van der Waals surface area contributed by atoms with Crippen molar-refractivity contribution in [1.29, 1.82) is 0 Å². The molecule has 0 amide bonds. The zero-order valence-electron chi connectivity index (χ0n) is 11.8. The fraction of sp³-hybridized carbons (Fsp3) is 0.294. The standard InChI is InChI=1S/C17H21NOS/c1-14(18)13-15-7-9-16(10-8-15)19-11-12-20-17-5-3-2-4-6-17/h2-10,14H,11-13,18H2,1H3. The summed E-state index contributed by atoms with van der Waals surface area (Å²) in [4.78, 5) is 1.28. The zero-order chi connectivity index (χ0) is 14.2. The third-order valence-electron chi connectivity index (χ3n) is 2.85. The molecular formula is C17H21NOS. The molecule has 0 aromatic heterocycles. The summed E-state index contributed by atoms with van der Waals surface area (Å²) in [7, 11) is 0. The number of rotatable bonds is 7. The summed E-state index contributed by atoms with van der Waals surface area (Å²) in [6.07, 6.45) is 0.907. The summed E-state index contributed by atoms with van der Waals surface area (Å²) in [5.41, 5.74) is 7.04. The summed E-state index contributed by atoms with van der Waals surface area (Å²) in [5.74, 6) is 1.87. The summed E-state index contributed by atoms with van der Waals surface area (Å²) >= 11 is 1.81. The van der Waals surface area contributed by atoms with E-state index in [1.165, 1.54) is 10.5 Å². The van der Waals surface area contributed by atoms with Gasteiger partial charge in [0.05, 0.1) is 6.61 Å². The maximum absolute atomic E-state index is 5.78. The van der Waals surface area contributed by atoms with Gasteiger partial charge in [-0.25, -0.2) is 0 Å². The molecule has 2 aromatic carbocycles. The Balaban J connectivity index is 1.71. The minimum Gasteiger partial charge on any atom is -0.493 e. The van der Waals surface area contributed by atoms with Gasteiger partial charge in [-0.1, -0.05) is 30.3 Å². The number of hydrogen-bond donors (Lipinski definition) is 1. The van der Waals surface area contributed by atoms with Crippen LogP contribution in [0.2, 0.25) is 0 Å². The Morgan fingerprint density at radius 3 is 2.40 bits per heavy atom.